The Morgan fingerprint density at radius 1 is 1.58 bits per heavy atom. The molecule has 3 nitrogen and oxygen atoms in total. The van der Waals surface area contributed by atoms with Crippen molar-refractivity contribution in [3.63, 3.8) is 0 Å². The lowest BCUT2D eigenvalue weighted by molar-refractivity contribution is 0.600. The van der Waals surface area contributed by atoms with E-state index >= 15 is 0 Å². The molecular weight excluding hydrogens is 150 g/mol. The predicted octanol–water partition coefficient (Wildman–Crippen LogP) is 1.05. The zero-order chi connectivity index (χ0) is 8.65. The fraction of sp³-hybridized carbons (Fsp3) is 0.444. The maximum atomic E-state index is 3.96. The van der Waals surface area contributed by atoms with E-state index in [1.54, 1.807) is 6.20 Å². The van der Waals surface area contributed by atoms with Crippen molar-refractivity contribution in [1.29, 1.82) is 0 Å². The monoisotopic (exact) mass is 165 g/mol. The van der Waals surface area contributed by atoms with Crippen LogP contribution in [0.3, 0.4) is 0 Å². The van der Waals surface area contributed by atoms with Gasteiger partial charge >= 0.3 is 0 Å². The van der Waals surface area contributed by atoms with Gasteiger partial charge in [-0.25, -0.2) is 4.98 Å². The molecule has 0 aromatic carbocycles. The van der Waals surface area contributed by atoms with Gasteiger partial charge in [-0.3, -0.25) is 0 Å². The highest BCUT2D eigenvalue weighted by Gasteiger charge is 1.88. The average Bonchev–Trinajstić information content (AvgIpc) is 2.57. The Bertz CT molecular complexity index is 204. The van der Waals surface area contributed by atoms with Crippen molar-refractivity contribution in [3.8, 4) is 0 Å². The Hall–Kier alpha value is -1.09. The molecule has 0 aliphatic carbocycles. The molecule has 0 spiro atoms. The van der Waals surface area contributed by atoms with Gasteiger partial charge in [0.15, 0.2) is 0 Å². The molecule has 0 amide bonds. The predicted molar refractivity (Wildman–Crippen MR) is 49.9 cm³/mol. The molecule has 66 valence electrons. The van der Waals surface area contributed by atoms with E-state index in [-0.39, 0.29) is 0 Å². The van der Waals surface area contributed by atoms with Gasteiger partial charge in [-0.2, -0.15) is 0 Å². The van der Waals surface area contributed by atoms with E-state index in [0.717, 1.165) is 26.1 Å². The summed E-state index contributed by atoms with van der Waals surface area (Å²) >= 11 is 0. The molecule has 0 bridgehead atoms. The maximum Gasteiger partial charge on any atom is 0.0945 e. The Morgan fingerprint density at radius 3 is 3.17 bits per heavy atom. The summed E-state index contributed by atoms with van der Waals surface area (Å²) < 4.78 is 2.08. The van der Waals surface area contributed by atoms with Crippen molar-refractivity contribution >= 4 is 0 Å². The van der Waals surface area contributed by atoms with Gasteiger partial charge in [-0.15, -0.1) is 6.58 Å². The number of hydrogen-bond acceptors (Lipinski definition) is 2. The molecule has 0 aliphatic rings. The highest BCUT2D eigenvalue weighted by molar-refractivity contribution is 4.74. The molecule has 1 aromatic rings. The number of rotatable bonds is 6. The minimum absolute atomic E-state index is 0.893. The molecule has 0 saturated carbocycles. The number of imidazole rings is 1. The fourth-order valence-corrected chi connectivity index (χ4v) is 1.01. The van der Waals surface area contributed by atoms with Crippen LogP contribution in [0.1, 0.15) is 6.42 Å². The first-order valence-electron chi connectivity index (χ1n) is 4.21. The quantitative estimate of drug-likeness (QED) is 0.504. The van der Waals surface area contributed by atoms with Crippen LogP contribution in [0.2, 0.25) is 0 Å². The summed E-state index contributed by atoms with van der Waals surface area (Å²) in [7, 11) is 0. The summed E-state index contributed by atoms with van der Waals surface area (Å²) in [5, 5.41) is 3.25. The van der Waals surface area contributed by atoms with Crippen LogP contribution in [0.15, 0.2) is 31.4 Å². The summed E-state index contributed by atoms with van der Waals surface area (Å²) in [6.07, 6.45) is 8.62. The Kier molecular flexibility index (Phi) is 4.16. The van der Waals surface area contributed by atoms with Crippen LogP contribution < -0.4 is 5.32 Å². The van der Waals surface area contributed by atoms with Crippen LogP contribution in [0.5, 0.6) is 0 Å². The van der Waals surface area contributed by atoms with E-state index in [2.05, 4.69) is 21.4 Å². The molecule has 1 heterocycles. The lowest BCUT2D eigenvalue weighted by Gasteiger charge is -2.02. The van der Waals surface area contributed by atoms with E-state index in [1.165, 1.54) is 0 Å². The maximum absolute atomic E-state index is 3.96. The molecule has 0 unspecified atom stereocenters. The highest BCUT2D eigenvalue weighted by Crippen LogP contribution is 1.88. The van der Waals surface area contributed by atoms with Crippen LogP contribution in [0.25, 0.3) is 0 Å². The minimum Gasteiger partial charge on any atom is -0.337 e. The standard InChI is InChI=1S/C9H15N3/c1-2-4-10-5-3-7-12-8-6-11-9-12/h2,6,8-10H,1,3-5,7H2. The average molecular weight is 165 g/mol. The van der Waals surface area contributed by atoms with Crippen LogP contribution in [0.4, 0.5) is 0 Å². The largest absolute Gasteiger partial charge is 0.337 e. The van der Waals surface area contributed by atoms with Gasteiger partial charge in [0.05, 0.1) is 6.33 Å². The number of aromatic nitrogens is 2. The lowest BCUT2D eigenvalue weighted by atomic mass is 10.4. The van der Waals surface area contributed by atoms with E-state index in [0.29, 0.717) is 0 Å². The molecule has 1 N–H and O–H groups in total. The Labute approximate surface area is 73.1 Å². The van der Waals surface area contributed by atoms with Crippen molar-refractivity contribution in [3.05, 3.63) is 31.4 Å². The topological polar surface area (TPSA) is 29.9 Å². The number of nitrogens with one attached hydrogen (secondary N) is 1. The molecule has 0 radical (unpaired) electrons. The van der Waals surface area contributed by atoms with E-state index < -0.39 is 0 Å². The second-order valence-corrected chi connectivity index (χ2v) is 2.65. The first kappa shape index (κ1) is 9.00. The summed E-state index contributed by atoms with van der Waals surface area (Å²) in [5.74, 6) is 0. The third-order valence-electron chi connectivity index (χ3n) is 1.62. The molecule has 1 rings (SSSR count). The third kappa shape index (κ3) is 3.34. The number of nitrogens with zero attached hydrogens (tertiary/aromatic N) is 2. The fourth-order valence-electron chi connectivity index (χ4n) is 1.01. The van der Waals surface area contributed by atoms with E-state index in [4.69, 9.17) is 0 Å². The van der Waals surface area contributed by atoms with Gasteiger partial charge in [0.2, 0.25) is 0 Å². The van der Waals surface area contributed by atoms with E-state index in [1.807, 2.05) is 18.6 Å². The molecule has 12 heavy (non-hydrogen) atoms. The Balaban J connectivity index is 2.00. The smallest absolute Gasteiger partial charge is 0.0945 e. The highest BCUT2D eigenvalue weighted by atomic mass is 15.0. The zero-order valence-electron chi connectivity index (χ0n) is 7.24. The second kappa shape index (κ2) is 5.55. The Morgan fingerprint density at radius 2 is 2.50 bits per heavy atom. The van der Waals surface area contributed by atoms with Gasteiger partial charge in [-0.1, -0.05) is 6.08 Å². The first-order chi connectivity index (χ1) is 5.93. The van der Waals surface area contributed by atoms with Gasteiger partial charge in [0.25, 0.3) is 0 Å². The van der Waals surface area contributed by atoms with Crippen LogP contribution in [0, 0.1) is 0 Å². The van der Waals surface area contributed by atoms with Crippen molar-refractivity contribution in [1.82, 2.24) is 14.9 Å². The summed E-state index contributed by atoms with van der Waals surface area (Å²) in [6, 6.07) is 0. The summed E-state index contributed by atoms with van der Waals surface area (Å²) in [5.41, 5.74) is 0. The second-order valence-electron chi connectivity index (χ2n) is 2.65. The number of aryl methyl sites for hydroxylation is 1. The van der Waals surface area contributed by atoms with Gasteiger partial charge in [0, 0.05) is 25.5 Å². The van der Waals surface area contributed by atoms with Gasteiger partial charge in [-0.05, 0) is 13.0 Å². The molecule has 0 aliphatic heterocycles. The SMILES string of the molecule is C=CCNCCCn1ccnc1. The van der Waals surface area contributed by atoms with Gasteiger partial charge in [0.1, 0.15) is 0 Å². The molecule has 1 aromatic heterocycles. The van der Waals surface area contributed by atoms with Crippen molar-refractivity contribution in [2.24, 2.45) is 0 Å². The van der Waals surface area contributed by atoms with Gasteiger partial charge < -0.3 is 9.88 Å². The minimum atomic E-state index is 0.893. The van der Waals surface area contributed by atoms with E-state index in [9.17, 15) is 0 Å². The van der Waals surface area contributed by atoms with Crippen LogP contribution >= 0.6 is 0 Å². The van der Waals surface area contributed by atoms with Crippen molar-refractivity contribution < 1.29 is 0 Å². The molecular formula is C9H15N3. The lowest BCUT2D eigenvalue weighted by Crippen LogP contribution is -2.16. The molecule has 0 atom stereocenters. The zero-order valence-corrected chi connectivity index (χ0v) is 7.24. The third-order valence-corrected chi connectivity index (χ3v) is 1.62. The van der Waals surface area contributed by atoms with Crippen molar-refractivity contribution in [2.75, 3.05) is 13.1 Å². The number of hydrogen-bond donors (Lipinski definition) is 1. The van der Waals surface area contributed by atoms with Crippen LogP contribution in [-0.2, 0) is 6.54 Å². The van der Waals surface area contributed by atoms with Crippen LogP contribution in [-0.4, -0.2) is 22.6 Å². The first-order valence-corrected chi connectivity index (χ1v) is 4.21. The summed E-state index contributed by atoms with van der Waals surface area (Å²) in [6.45, 7) is 6.59. The molecule has 0 saturated heterocycles. The molecule has 3 heteroatoms. The summed E-state index contributed by atoms with van der Waals surface area (Å²) in [4.78, 5) is 3.96. The molecule has 0 fully saturated rings. The van der Waals surface area contributed by atoms with Crippen molar-refractivity contribution in [2.45, 2.75) is 13.0 Å². The normalized spacial score (nSPS) is 10.0.